The Morgan fingerprint density at radius 3 is 2.83 bits per heavy atom. The van der Waals surface area contributed by atoms with E-state index in [0.29, 0.717) is 6.10 Å². The molecule has 0 spiro atoms. The van der Waals surface area contributed by atoms with Gasteiger partial charge in [-0.25, -0.2) is 0 Å². The van der Waals surface area contributed by atoms with Crippen LogP contribution in [0.25, 0.3) is 0 Å². The monoisotopic (exact) mass is 311 g/mol. The lowest BCUT2D eigenvalue weighted by Gasteiger charge is -2.17. The number of halogens is 1. The van der Waals surface area contributed by atoms with Crippen LogP contribution in [0.1, 0.15) is 44.6 Å². The van der Waals surface area contributed by atoms with Gasteiger partial charge in [0.2, 0.25) is 0 Å². The van der Waals surface area contributed by atoms with Crippen molar-refractivity contribution in [2.24, 2.45) is 0 Å². The predicted octanol–water partition coefficient (Wildman–Crippen LogP) is 4.27. The van der Waals surface area contributed by atoms with Crippen molar-refractivity contribution in [2.45, 2.75) is 51.7 Å². The van der Waals surface area contributed by atoms with Gasteiger partial charge in [-0.2, -0.15) is 0 Å². The molecule has 1 aliphatic carbocycles. The highest BCUT2D eigenvalue weighted by Gasteiger charge is 2.17. The Hall–Kier alpha value is -0.540. The van der Waals surface area contributed by atoms with Crippen LogP contribution in [0.2, 0.25) is 0 Å². The van der Waals surface area contributed by atoms with Crippen LogP contribution in [0, 0.1) is 0 Å². The van der Waals surface area contributed by atoms with Crippen LogP contribution in [0.3, 0.4) is 0 Å². The standard InChI is InChI=1S/C15H22BrNO/c1-2-9-17-11-12-10-13(16)7-8-15(12)18-14-5-3-4-6-14/h7-8,10,14,17H,2-6,9,11H2,1H3. The Morgan fingerprint density at radius 2 is 2.11 bits per heavy atom. The third-order valence-corrected chi connectivity index (χ3v) is 3.85. The second-order valence-corrected chi connectivity index (χ2v) is 5.87. The number of ether oxygens (including phenoxy) is 1. The van der Waals surface area contributed by atoms with Gasteiger partial charge in [0.05, 0.1) is 6.10 Å². The third kappa shape index (κ3) is 3.99. The van der Waals surface area contributed by atoms with Crippen molar-refractivity contribution in [3.63, 3.8) is 0 Å². The molecule has 0 atom stereocenters. The first-order valence-corrected chi connectivity index (χ1v) is 7.74. The summed E-state index contributed by atoms with van der Waals surface area (Å²) in [5.41, 5.74) is 1.25. The van der Waals surface area contributed by atoms with E-state index in [2.05, 4.69) is 46.4 Å². The topological polar surface area (TPSA) is 21.3 Å². The van der Waals surface area contributed by atoms with Gasteiger partial charge in [-0.3, -0.25) is 0 Å². The fraction of sp³-hybridized carbons (Fsp3) is 0.600. The molecule has 100 valence electrons. The van der Waals surface area contributed by atoms with Gasteiger partial charge in [-0.1, -0.05) is 22.9 Å². The Labute approximate surface area is 118 Å². The number of benzene rings is 1. The normalized spacial score (nSPS) is 16.1. The highest BCUT2D eigenvalue weighted by atomic mass is 79.9. The van der Waals surface area contributed by atoms with Crippen LogP contribution < -0.4 is 10.1 Å². The van der Waals surface area contributed by atoms with Crippen molar-refractivity contribution in [2.75, 3.05) is 6.54 Å². The first-order valence-electron chi connectivity index (χ1n) is 6.95. The highest BCUT2D eigenvalue weighted by molar-refractivity contribution is 9.10. The van der Waals surface area contributed by atoms with E-state index >= 15 is 0 Å². The van der Waals surface area contributed by atoms with E-state index in [0.717, 1.165) is 29.7 Å². The lowest BCUT2D eigenvalue weighted by atomic mass is 10.2. The minimum Gasteiger partial charge on any atom is -0.490 e. The van der Waals surface area contributed by atoms with E-state index in [4.69, 9.17) is 4.74 Å². The van der Waals surface area contributed by atoms with E-state index in [1.807, 2.05) is 0 Å². The Morgan fingerprint density at radius 1 is 1.33 bits per heavy atom. The summed E-state index contributed by atoms with van der Waals surface area (Å²) in [5, 5.41) is 3.44. The maximum atomic E-state index is 6.13. The second-order valence-electron chi connectivity index (χ2n) is 4.95. The quantitative estimate of drug-likeness (QED) is 0.792. The summed E-state index contributed by atoms with van der Waals surface area (Å²) in [6.07, 6.45) is 6.62. The van der Waals surface area contributed by atoms with Crippen LogP contribution in [-0.4, -0.2) is 12.6 Å². The van der Waals surface area contributed by atoms with E-state index in [-0.39, 0.29) is 0 Å². The summed E-state index contributed by atoms with van der Waals surface area (Å²) in [4.78, 5) is 0. The molecule has 0 heterocycles. The van der Waals surface area contributed by atoms with Crippen LogP contribution in [0.5, 0.6) is 5.75 Å². The smallest absolute Gasteiger partial charge is 0.124 e. The van der Waals surface area contributed by atoms with Crippen molar-refractivity contribution in [3.8, 4) is 5.75 Å². The molecular weight excluding hydrogens is 290 g/mol. The molecule has 0 aliphatic heterocycles. The zero-order valence-electron chi connectivity index (χ0n) is 11.0. The summed E-state index contributed by atoms with van der Waals surface area (Å²) in [6.45, 7) is 4.12. The van der Waals surface area contributed by atoms with Gasteiger partial charge in [0.15, 0.2) is 0 Å². The maximum Gasteiger partial charge on any atom is 0.124 e. The van der Waals surface area contributed by atoms with Gasteiger partial charge in [0.1, 0.15) is 5.75 Å². The fourth-order valence-electron chi connectivity index (χ4n) is 2.39. The molecule has 2 rings (SSSR count). The predicted molar refractivity (Wildman–Crippen MR) is 79.0 cm³/mol. The lowest BCUT2D eigenvalue weighted by Crippen LogP contribution is -2.17. The summed E-state index contributed by atoms with van der Waals surface area (Å²) in [6, 6.07) is 6.31. The molecule has 0 bridgehead atoms. The minimum absolute atomic E-state index is 0.427. The van der Waals surface area contributed by atoms with Crippen molar-refractivity contribution in [1.82, 2.24) is 5.32 Å². The molecule has 1 N–H and O–H groups in total. The molecule has 18 heavy (non-hydrogen) atoms. The highest BCUT2D eigenvalue weighted by Crippen LogP contribution is 2.28. The van der Waals surface area contributed by atoms with Crippen LogP contribution in [0.4, 0.5) is 0 Å². The molecule has 1 aromatic carbocycles. The summed E-state index contributed by atoms with van der Waals surface area (Å²) < 4.78 is 7.25. The van der Waals surface area contributed by atoms with Gasteiger partial charge < -0.3 is 10.1 Å². The molecule has 0 saturated heterocycles. The lowest BCUT2D eigenvalue weighted by molar-refractivity contribution is 0.207. The van der Waals surface area contributed by atoms with Gasteiger partial charge in [0, 0.05) is 16.6 Å². The number of hydrogen-bond acceptors (Lipinski definition) is 2. The molecule has 1 aliphatic rings. The minimum atomic E-state index is 0.427. The molecule has 0 radical (unpaired) electrons. The van der Waals surface area contributed by atoms with Gasteiger partial charge in [-0.05, 0) is 56.8 Å². The summed E-state index contributed by atoms with van der Waals surface area (Å²) in [5.74, 6) is 1.05. The Kier molecular flexibility index (Phi) is 5.51. The first kappa shape index (κ1) is 13.9. The van der Waals surface area contributed by atoms with Gasteiger partial charge in [-0.15, -0.1) is 0 Å². The van der Waals surface area contributed by atoms with Crippen LogP contribution >= 0.6 is 15.9 Å². The Balaban J connectivity index is 2.02. The number of nitrogens with one attached hydrogen (secondary N) is 1. The molecule has 3 heteroatoms. The maximum absolute atomic E-state index is 6.13. The van der Waals surface area contributed by atoms with Crippen molar-refractivity contribution in [3.05, 3.63) is 28.2 Å². The summed E-state index contributed by atoms with van der Waals surface area (Å²) >= 11 is 3.53. The van der Waals surface area contributed by atoms with Crippen molar-refractivity contribution >= 4 is 15.9 Å². The van der Waals surface area contributed by atoms with Crippen molar-refractivity contribution in [1.29, 1.82) is 0 Å². The van der Waals surface area contributed by atoms with E-state index in [1.165, 1.54) is 31.2 Å². The first-order chi connectivity index (χ1) is 8.79. The van der Waals surface area contributed by atoms with Gasteiger partial charge in [0.25, 0.3) is 0 Å². The molecule has 1 saturated carbocycles. The molecule has 1 aromatic rings. The SMILES string of the molecule is CCCNCc1cc(Br)ccc1OC1CCCC1. The molecule has 2 nitrogen and oxygen atoms in total. The fourth-order valence-corrected chi connectivity index (χ4v) is 2.80. The van der Waals surface area contributed by atoms with Crippen molar-refractivity contribution < 1.29 is 4.74 Å². The number of hydrogen-bond donors (Lipinski definition) is 1. The molecule has 0 unspecified atom stereocenters. The Bertz CT molecular complexity index is 375. The zero-order chi connectivity index (χ0) is 12.8. The third-order valence-electron chi connectivity index (χ3n) is 3.36. The molecule has 1 fully saturated rings. The van der Waals surface area contributed by atoms with E-state index in [9.17, 15) is 0 Å². The average Bonchev–Trinajstić information content (AvgIpc) is 2.86. The summed E-state index contributed by atoms with van der Waals surface area (Å²) in [7, 11) is 0. The van der Waals surface area contributed by atoms with Crippen LogP contribution in [0.15, 0.2) is 22.7 Å². The second kappa shape index (κ2) is 7.15. The number of rotatable bonds is 6. The van der Waals surface area contributed by atoms with Crippen LogP contribution in [-0.2, 0) is 6.54 Å². The largest absolute Gasteiger partial charge is 0.490 e. The molecule has 0 amide bonds. The average molecular weight is 312 g/mol. The van der Waals surface area contributed by atoms with E-state index < -0.39 is 0 Å². The zero-order valence-corrected chi connectivity index (χ0v) is 12.6. The molecule has 0 aromatic heterocycles. The molecular formula is C15H22BrNO. The van der Waals surface area contributed by atoms with Gasteiger partial charge >= 0.3 is 0 Å². The van der Waals surface area contributed by atoms with E-state index in [1.54, 1.807) is 0 Å².